The molecular formula is C20H16FNO3S. The molecule has 0 aliphatic rings. The number of amides is 1. The first-order valence-corrected chi connectivity index (χ1v) is 8.71. The Morgan fingerprint density at radius 2 is 1.81 bits per heavy atom. The van der Waals surface area contributed by atoms with Crippen LogP contribution in [0, 0.1) is 12.7 Å². The fourth-order valence-electron chi connectivity index (χ4n) is 2.49. The van der Waals surface area contributed by atoms with Gasteiger partial charge in [0.2, 0.25) is 0 Å². The van der Waals surface area contributed by atoms with E-state index in [0.717, 1.165) is 22.8 Å². The molecule has 0 aliphatic heterocycles. The van der Waals surface area contributed by atoms with Gasteiger partial charge < -0.3 is 10.1 Å². The first-order valence-electron chi connectivity index (χ1n) is 7.83. The number of hydrogen-bond donors (Lipinski definition) is 1. The lowest BCUT2D eigenvalue weighted by Gasteiger charge is -2.09. The third-order valence-corrected chi connectivity index (χ3v) is 4.78. The number of carbonyl (C=O) groups is 2. The number of carbonyl (C=O) groups excluding carboxylic acids is 2. The standard InChI is InChI=1S/C20H16FNO3S/c1-12-3-5-13(6-4-12)15-9-10-26-18(15)19(23)22-17-11-14(20(24)25-2)7-8-16(17)21/h3-11H,1-2H3,(H,22,23). The second-order valence-electron chi connectivity index (χ2n) is 5.67. The highest BCUT2D eigenvalue weighted by molar-refractivity contribution is 7.12. The lowest BCUT2D eigenvalue weighted by atomic mass is 10.0. The van der Waals surface area contributed by atoms with Crippen molar-refractivity contribution in [2.45, 2.75) is 6.92 Å². The van der Waals surface area contributed by atoms with Gasteiger partial charge in [-0.2, -0.15) is 0 Å². The molecular weight excluding hydrogens is 353 g/mol. The summed E-state index contributed by atoms with van der Waals surface area (Å²) in [5, 5.41) is 4.35. The number of benzene rings is 2. The minimum absolute atomic E-state index is 0.0684. The zero-order valence-electron chi connectivity index (χ0n) is 14.2. The Kier molecular flexibility index (Phi) is 5.14. The van der Waals surface area contributed by atoms with E-state index < -0.39 is 17.7 Å². The van der Waals surface area contributed by atoms with Crippen LogP contribution in [0.5, 0.6) is 0 Å². The van der Waals surface area contributed by atoms with Gasteiger partial charge >= 0.3 is 5.97 Å². The molecule has 6 heteroatoms. The van der Waals surface area contributed by atoms with Gasteiger partial charge in [-0.25, -0.2) is 9.18 Å². The second kappa shape index (κ2) is 7.49. The molecule has 4 nitrogen and oxygen atoms in total. The Balaban J connectivity index is 1.89. The zero-order valence-corrected chi connectivity index (χ0v) is 15.0. The van der Waals surface area contributed by atoms with Crippen LogP contribution in [-0.4, -0.2) is 19.0 Å². The van der Waals surface area contributed by atoms with E-state index in [1.807, 2.05) is 42.6 Å². The van der Waals surface area contributed by atoms with E-state index in [-0.39, 0.29) is 11.3 Å². The Morgan fingerprint density at radius 3 is 2.50 bits per heavy atom. The van der Waals surface area contributed by atoms with E-state index in [1.165, 1.54) is 30.6 Å². The molecule has 0 saturated heterocycles. The van der Waals surface area contributed by atoms with Crippen LogP contribution in [0.15, 0.2) is 53.9 Å². The van der Waals surface area contributed by atoms with Crippen molar-refractivity contribution >= 4 is 28.9 Å². The third-order valence-electron chi connectivity index (χ3n) is 3.87. The van der Waals surface area contributed by atoms with E-state index >= 15 is 0 Å². The summed E-state index contributed by atoms with van der Waals surface area (Å²) in [6.45, 7) is 1.99. The van der Waals surface area contributed by atoms with Crippen molar-refractivity contribution in [3.63, 3.8) is 0 Å². The van der Waals surface area contributed by atoms with E-state index in [0.29, 0.717) is 4.88 Å². The smallest absolute Gasteiger partial charge is 0.337 e. The molecule has 26 heavy (non-hydrogen) atoms. The van der Waals surface area contributed by atoms with Gasteiger partial charge in [-0.1, -0.05) is 29.8 Å². The largest absolute Gasteiger partial charge is 0.465 e. The van der Waals surface area contributed by atoms with Crippen molar-refractivity contribution < 1.29 is 18.7 Å². The highest BCUT2D eigenvalue weighted by Crippen LogP contribution is 2.29. The Morgan fingerprint density at radius 1 is 1.08 bits per heavy atom. The molecule has 0 radical (unpaired) electrons. The average molecular weight is 369 g/mol. The first-order chi connectivity index (χ1) is 12.5. The monoisotopic (exact) mass is 369 g/mol. The molecule has 1 heterocycles. The van der Waals surface area contributed by atoms with Crippen molar-refractivity contribution in [2.24, 2.45) is 0 Å². The van der Waals surface area contributed by atoms with Crippen molar-refractivity contribution in [3.8, 4) is 11.1 Å². The highest BCUT2D eigenvalue weighted by atomic mass is 32.1. The second-order valence-corrected chi connectivity index (χ2v) is 6.59. The predicted molar refractivity (Wildman–Crippen MR) is 100 cm³/mol. The van der Waals surface area contributed by atoms with Gasteiger partial charge in [0, 0.05) is 5.56 Å². The number of halogens is 1. The fourth-order valence-corrected chi connectivity index (χ4v) is 3.30. The minimum Gasteiger partial charge on any atom is -0.465 e. The van der Waals surface area contributed by atoms with Gasteiger partial charge in [-0.05, 0) is 42.1 Å². The van der Waals surface area contributed by atoms with Crippen LogP contribution in [0.25, 0.3) is 11.1 Å². The topological polar surface area (TPSA) is 55.4 Å². The summed E-state index contributed by atoms with van der Waals surface area (Å²) in [7, 11) is 1.24. The summed E-state index contributed by atoms with van der Waals surface area (Å²) in [6.07, 6.45) is 0. The van der Waals surface area contributed by atoms with E-state index in [9.17, 15) is 14.0 Å². The summed E-state index contributed by atoms with van der Waals surface area (Å²) in [6, 6.07) is 13.3. The molecule has 132 valence electrons. The average Bonchev–Trinajstić information content (AvgIpc) is 3.13. The van der Waals surface area contributed by atoms with Gasteiger partial charge in [0.25, 0.3) is 5.91 Å². The van der Waals surface area contributed by atoms with Gasteiger partial charge in [-0.3, -0.25) is 4.79 Å². The van der Waals surface area contributed by atoms with Crippen LogP contribution in [0.4, 0.5) is 10.1 Å². The van der Waals surface area contributed by atoms with Crippen molar-refractivity contribution in [1.29, 1.82) is 0 Å². The molecule has 2 aromatic carbocycles. The fraction of sp³-hybridized carbons (Fsp3) is 0.100. The Bertz CT molecular complexity index is 963. The molecule has 1 aromatic heterocycles. The van der Waals surface area contributed by atoms with Gasteiger partial charge in [-0.15, -0.1) is 11.3 Å². The van der Waals surface area contributed by atoms with Crippen molar-refractivity contribution in [3.05, 3.63) is 75.7 Å². The third kappa shape index (κ3) is 3.65. The maximum absolute atomic E-state index is 14.0. The number of ether oxygens (including phenoxy) is 1. The summed E-state index contributed by atoms with van der Waals surface area (Å²) in [5.41, 5.74) is 2.90. The van der Waals surface area contributed by atoms with Crippen LogP contribution in [0.3, 0.4) is 0 Å². The molecule has 3 rings (SSSR count). The molecule has 0 fully saturated rings. The van der Waals surface area contributed by atoms with Gasteiger partial charge in [0.1, 0.15) is 5.82 Å². The van der Waals surface area contributed by atoms with Crippen LogP contribution < -0.4 is 5.32 Å². The number of esters is 1. The van der Waals surface area contributed by atoms with E-state index in [2.05, 4.69) is 10.1 Å². The SMILES string of the molecule is COC(=O)c1ccc(F)c(NC(=O)c2sccc2-c2ccc(C)cc2)c1. The van der Waals surface area contributed by atoms with Crippen LogP contribution >= 0.6 is 11.3 Å². The molecule has 1 amide bonds. The minimum atomic E-state index is -0.626. The van der Waals surface area contributed by atoms with Crippen LogP contribution in [-0.2, 0) is 4.74 Å². The molecule has 0 spiro atoms. The molecule has 0 unspecified atom stereocenters. The maximum Gasteiger partial charge on any atom is 0.337 e. The summed E-state index contributed by atoms with van der Waals surface area (Å²) in [4.78, 5) is 24.7. The number of methoxy groups -OCH3 is 1. The Hall–Kier alpha value is -2.99. The normalized spacial score (nSPS) is 10.4. The quantitative estimate of drug-likeness (QED) is 0.666. The molecule has 0 saturated carbocycles. The lowest BCUT2D eigenvalue weighted by Crippen LogP contribution is -2.13. The molecule has 3 aromatic rings. The predicted octanol–water partition coefficient (Wildman–Crippen LogP) is 4.90. The summed E-state index contributed by atoms with van der Waals surface area (Å²) < 4.78 is 18.7. The van der Waals surface area contributed by atoms with Crippen LogP contribution in [0.2, 0.25) is 0 Å². The maximum atomic E-state index is 14.0. The van der Waals surface area contributed by atoms with Crippen molar-refractivity contribution in [1.82, 2.24) is 0 Å². The van der Waals surface area contributed by atoms with E-state index in [4.69, 9.17) is 0 Å². The number of hydrogen-bond acceptors (Lipinski definition) is 4. The number of anilines is 1. The van der Waals surface area contributed by atoms with E-state index in [1.54, 1.807) is 0 Å². The highest BCUT2D eigenvalue weighted by Gasteiger charge is 2.17. The summed E-state index contributed by atoms with van der Waals surface area (Å²) in [5.74, 6) is -1.66. The molecule has 0 bridgehead atoms. The zero-order chi connectivity index (χ0) is 18.7. The van der Waals surface area contributed by atoms with Gasteiger partial charge in [0.15, 0.2) is 0 Å². The number of nitrogens with one attached hydrogen (secondary N) is 1. The molecule has 0 aliphatic carbocycles. The number of thiophene rings is 1. The first kappa shape index (κ1) is 17.8. The molecule has 1 N–H and O–H groups in total. The summed E-state index contributed by atoms with van der Waals surface area (Å²) >= 11 is 1.27. The van der Waals surface area contributed by atoms with Gasteiger partial charge in [0.05, 0.1) is 23.2 Å². The number of rotatable bonds is 4. The van der Waals surface area contributed by atoms with Crippen LogP contribution in [0.1, 0.15) is 25.6 Å². The Labute approximate surface area is 154 Å². The number of aryl methyl sites for hydroxylation is 1. The van der Waals surface area contributed by atoms with Crippen molar-refractivity contribution in [2.75, 3.05) is 12.4 Å². The lowest BCUT2D eigenvalue weighted by molar-refractivity contribution is 0.0600. The molecule has 0 atom stereocenters.